The number of Topliss-reactive ketones (excluding diaryl/α,β-unsaturated/α-hetero) is 1. The van der Waals surface area contributed by atoms with Gasteiger partial charge in [-0.1, -0.05) is 29.8 Å². The van der Waals surface area contributed by atoms with Gasteiger partial charge in [0.2, 0.25) is 0 Å². The lowest BCUT2D eigenvalue weighted by atomic mass is 9.59. The van der Waals surface area contributed by atoms with Crippen molar-refractivity contribution < 1.29 is 22.4 Å². The van der Waals surface area contributed by atoms with Gasteiger partial charge in [0, 0.05) is 12.3 Å². The minimum absolute atomic E-state index is 0.379. The predicted octanol–water partition coefficient (Wildman–Crippen LogP) is 3.99. The van der Waals surface area contributed by atoms with E-state index in [2.05, 4.69) is 15.9 Å². The Morgan fingerprint density at radius 3 is 2.06 bits per heavy atom. The maximum Gasteiger partial charge on any atom is 0.432 e. The Balaban J connectivity index is 2.81. The molecule has 3 atom stereocenters. The van der Waals surface area contributed by atoms with E-state index in [1.807, 2.05) is 15.9 Å². The second-order valence-corrected chi connectivity index (χ2v) is 6.72. The quantitative estimate of drug-likeness (QED) is 0.531. The number of alkyl halides is 6. The second kappa shape index (κ2) is 3.93. The van der Waals surface area contributed by atoms with E-state index in [4.69, 9.17) is 0 Å². The van der Waals surface area contributed by atoms with Gasteiger partial charge in [-0.15, -0.1) is 0 Å². The van der Waals surface area contributed by atoms with Crippen LogP contribution in [0.15, 0.2) is 0 Å². The number of rotatable bonds is 2. The smallest absolute Gasteiger partial charge is 0.298 e. The SMILES string of the molecule is CC1(C)C(Br)C(=O)C1CC(F)(Br)C(F)(F)F. The molecule has 1 rings (SSSR count). The average Bonchev–Trinajstić information content (AvgIpc) is 2.10. The second-order valence-electron chi connectivity index (χ2n) is 4.55. The molecule has 0 bridgehead atoms. The number of carbonyl (C=O) groups excluding carboxylic acids is 1. The summed E-state index contributed by atoms with van der Waals surface area (Å²) < 4.78 is 46.7. The minimum Gasteiger partial charge on any atom is -0.298 e. The minimum atomic E-state index is -5.01. The molecule has 1 nitrogen and oxygen atoms in total. The fraction of sp³-hybridized carbons (Fsp3) is 0.889. The summed E-state index contributed by atoms with van der Waals surface area (Å²) in [5, 5.41) is 0. The lowest BCUT2D eigenvalue weighted by Gasteiger charge is -2.49. The molecule has 0 N–H and O–H groups in total. The van der Waals surface area contributed by atoms with Crippen molar-refractivity contribution in [2.75, 3.05) is 0 Å². The lowest BCUT2D eigenvalue weighted by molar-refractivity contribution is -0.201. The van der Waals surface area contributed by atoms with Gasteiger partial charge in [-0.05, 0) is 21.3 Å². The molecule has 16 heavy (non-hydrogen) atoms. The molecule has 94 valence electrons. The van der Waals surface area contributed by atoms with E-state index in [9.17, 15) is 22.4 Å². The maximum absolute atomic E-state index is 13.3. The van der Waals surface area contributed by atoms with E-state index >= 15 is 0 Å². The van der Waals surface area contributed by atoms with E-state index in [-0.39, 0.29) is 5.78 Å². The van der Waals surface area contributed by atoms with Crippen LogP contribution in [0.1, 0.15) is 20.3 Å². The first-order valence-corrected chi connectivity index (χ1v) is 6.24. The number of ketones is 1. The van der Waals surface area contributed by atoms with Crippen LogP contribution >= 0.6 is 31.9 Å². The summed E-state index contributed by atoms with van der Waals surface area (Å²) in [5.74, 6) is -1.31. The van der Waals surface area contributed by atoms with Gasteiger partial charge >= 0.3 is 6.18 Å². The maximum atomic E-state index is 13.3. The Labute approximate surface area is 107 Å². The van der Waals surface area contributed by atoms with E-state index in [0.29, 0.717) is 0 Å². The van der Waals surface area contributed by atoms with Crippen molar-refractivity contribution >= 4 is 37.6 Å². The summed E-state index contributed by atoms with van der Waals surface area (Å²) in [6.07, 6.45) is -5.90. The molecular formula is C9H10Br2F4O. The van der Waals surface area contributed by atoms with E-state index < -0.39 is 33.3 Å². The van der Waals surface area contributed by atoms with Gasteiger partial charge < -0.3 is 0 Å². The molecule has 1 saturated carbocycles. The van der Waals surface area contributed by atoms with Crippen LogP contribution in [-0.4, -0.2) is 21.4 Å². The molecule has 0 saturated heterocycles. The monoisotopic (exact) mass is 368 g/mol. The molecule has 0 aromatic heterocycles. The highest BCUT2D eigenvalue weighted by Crippen LogP contribution is 2.54. The standard InChI is InChI=1S/C9H10Br2F4O/c1-7(2)4(5(16)6(7)10)3-8(11,12)9(13,14)15/h4,6H,3H2,1-2H3. The van der Waals surface area contributed by atoms with Crippen LogP contribution in [0.3, 0.4) is 0 Å². The van der Waals surface area contributed by atoms with Gasteiger partial charge in [-0.25, -0.2) is 4.39 Å². The van der Waals surface area contributed by atoms with Crippen molar-refractivity contribution in [3.05, 3.63) is 0 Å². The van der Waals surface area contributed by atoms with Gasteiger partial charge in [-0.2, -0.15) is 13.2 Å². The number of hydrogen-bond donors (Lipinski definition) is 0. The fourth-order valence-corrected chi connectivity index (χ4v) is 2.69. The highest BCUT2D eigenvalue weighted by Gasteiger charge is 2.62. The molecule has 1 fully saturated rings. The van der Waals surface area contributed by atoms with Crippen LogP contribution in [0.2, 0.25) is 0 Å². The van der Waals surface area contributed by atoms with E-state index in [1.54, 1.807) is 13.8 Å². The van der Waals surface area contributed by atoms with Crippen LogP contribution in [0, 0.1) is 11.3 Å². The molecule has 0 radical (unpaired) electrons. The number of halogens is 6. The number of carbonyl (C=O) groups is 1. The summed E-state index contributed by atoms with van der Waals surface area (Å²) in [6, 6.07) is 0. The normalized spacial score (nSPS) is 33.1. The highest BCUT2D eigenvalue weighted by molar-refractivity contribution is 9.10. The van der Waals surface area contributed by atoms with Crippen LogP contribution < -0.4 is 0 Å². The van der Waals surface area contributed by atoms with Gasteiger partial charge in [0.05, 0.1) is 4.83 Å². The highest BCUT2D eigenvalue weighted by atomic mass is 79.9. The molecular weight excluding hydrogens is 360 g/mol. The molecule has 1 aliphatic rings. The zero-order valence-electron chi connectivity index (χ0n) is 8.54. The summed E-state index contributed by atoms with van der Waals surface area (Å²) in [7, 11) is 0. The van der Waals surface area contributed by atoms with Crippen molar-refractivity contribution in [1.29, 1.82) is 0 Å². The largest absolute Gasteiger partial charge is 0.432 e. The Hall–Kier alpha value is 0.350. The summed E-state index contributed by atoms with van der Waals surface area (Å²) in [5.41, 5.74) is -0.659. The van der Waals surface area contributed by atoms with Gasteiger partial charge in [-0.3, -0.25) is 4.79 Å². The Kier molecular flexibility index (Phi) is 3.54. The zero-order valence-corrected chi connectivity index (χ0v) is 11.7. The van der Waals surface area contributed by atoms with Crippen molar-refractivity contribution in [3.63, 3.8) is 0 Å². The molecule has 7 heteroatoms. The lowest BCUT2D eigenvalue weighted by Crippen LogP contribution is -2.58. The van der Waals surface area contributed by atoms with Gasteiger partial charge in [0.15, 0.2) is 5.78 Å². The predicted molar refractivity (Wildman–Crippen MR) is 58.4 cm³/mol. The fourth-order valence-electron chi connectivity index (χ4n) is 1.73. The first-order valence-electron chi connectivity index (χ1n) is 4.53. The molecule has 1 aliphatic carbocycles. The van der Waals surface area contributed by atoms with Crippen LogP contribution in [0.25, 0.3) is 0 Å². The van der Waals surface area contributed by atoms with E-state index in [1.165, 1.54) is 0 Å². The van der Waals surface area contributed by atoms with Crippen molar-refractivity contribution in [3.8, 4) is 0 Å². The first kappa shape index (κ1) is 14.4. The third-order valence-corrected chi connectivity index (χ3v) is 5.42. The summed E-state index contributed by atoms with van der Waals surface area (Å²) in [4.78, 5) is 10.9. The van der Waals surface area contributed by atoms with Crippen LogP contribution in [0.5, 0.6) is 0 Å². The van der Waals surface area contributed by atoms with Crippen LogP contribution in [0.4, 0.5) is 17.6 Å². The first-order chi connectivity index (χ1) is 6.91. The number of hydrogen-bond acceptors (Lipinski definition) is 1. The summed E-state index contributed by atoms with van der Waals surface area (Å²) in [6.45, 7) is 3.27. The Morgan fingerprint density at radius 1 is 1.31 bits per heavy atom. The van der Waals surface area contributed by atoms with Crippen molar-refractivity contribution in [2.45, 2.75) is 35.8 Å². The Bertz CT molecular complexity index is 311. The van der Waals surface area contributed by atoms with Crippen molar-refractivity contribution in [2.24, 2.45) is 11.3 Å². The van der Waals surface area contributed by atoms with Gasteiger partial charge in [0.1, 0.15) is 0 Å². The summed E-state index contributed by atoms with van der Waals surface area (Å²) >= 11 is 5.09. The molecule has 0 spiro atoms. The van der Waals surface area contributed by atoms with Gasteiger partial charge in [0.25, 0.3) is 4.58 Å². The molecule has 0 amide bonds. The molecule has 0 aromatic carbocycles. The van der Waals surface area contributed by atoms with E-state index in [0.717, 1.165) is 0 Å². The Morgan fingerprint density at radius 2 is 1.75 bits per heavy atom. The van der Waals surface area contributed by atoms with Crippen molar-refractivity contribution in [1.82, 2.24) is 0 Å². The molecule has 0 aliphatic heterocycles. The average molecular weight is 370 g/mol. The third kappa shape index (κ3) is 2.17. The molecule has 0 heterocycles. The third-order valence-electron chi connectivity index (χ3n) is 3.02. The zero-order chi connectivity index (χ0) is 12.9. The molecule has 3 unspecified atom stereocenters. The topological polar surface area (TPSA) is 17.1 Å². The van der Waals surface area contributed by atoms with Crippen LogP contribution in [-0.2, 0) is 4.79 Å². The molecule has 0 aromatic rings.